The Morgan fingerprint density at radius 2 is 2.03 bits per heavy atom. The van der Waals surface area contributed by atoms with Crippen molar-refractivity contribution in [3.63, 3.8) is 0 Å². The van der Waals surface area contributed by atoms with Crippen molar-refractivity contribution in [2.45, 2.75) is 24.5 Å². The fraction of sp³-hybridized carbons (Fsp3) is 0.294. The molecule has 3 aromatic rings. The van der Waals surface area contributed by atoms with Gasteiger partial charge < -0.3 is 30.9 Å². The number of nitrogens with one attached hydrogen (secondary N) is 1. The topological polar surface area (TPSA) is 184 Å². The molecule has 0 unspecified atom stereocenters. The van der Waals surface area contributed by atoms with E-state index in [1.54, 1.807) is 18.2 Å². The van der Waals surface area contributed by atoms with Gasteiger partial charge in [0.1, 0.15) is 30.4 Å². The average molecular weight is 401 g/mol. The summed E-state index contributed by atoms with van der Waals surface area (Å²) in [6.45, 7) is -0.479. The van der Waals surface area contributed by atoms with Crippen LogP contribution in [0.1, 0.15) is 11.8 Å². The number of para-hydroxylation sites is 1. The Morgan fingerprint density at radius 3 is 2.76 bits per heavy atom. The first-order chi connectivity index (χ1) is 14.0. The molecule has 0 amide bonds. The number of imidazole rings is 1. The van der Waals surface area contributed by atoms with Gasteiger partial charge in [0.05, 0.1) is 12.8 Å². The van der Waals surface area contributed by atoms with Gasteiger partial charge in [-0.3, -0.25) is 4.57 Å². The van der Waals surface area contributed by atoms with Crippen LogP contribution in [0.2, 0.25) is 0 Å². The molecule has 152 valence electrons. The molecule has 0 spiro atoms. The molecular weight excluding hydrogens is 382 g/mol. The standard InChI is InChI=1S/C17H19N7O5/c18-14-11-15(20-7-19-14)24(16-13(28)12(27)10(6-25)29-16)17(22-11)23-21-5-8-3-1-2-4-9(8)26/h1-5,7,10,12-13,16,25-28H,6H2,(H,22,23)(H2,18,19,20)/t10-,12+,13+,16-/m0/s1. The van der Waals surface area contributed by atoms with Crippen molar-refractivity contribution < 1.29 is 25.2 Å². The minimum Gasteiger partial charge on any atom is -0.507 e. The van der Waals surface area contributed by atoms with E-state index in [4.69, 9.17) is 10.5 Å². The number of nitrogen functional groups attached to an aromatic ring is 1. The van der Waals surface area contributed by atoms with Gasteiger partial charge in [-0.05, 0) is 12.1 Å². The van der Waals surface area contributed by atoms with E-state index in [9.17, 15) is 20.4 Å². The van der Waals surface area contributed by atoms with Crippen LogP contribution in [-0.4, -0.2) is 71.1 Å². The Labute approximate surface area is 163 Å². The highest BCUT2D eigenvalue weighted by atomic mass is 16.6. The molecule has 1 aliphatic heterocycles. The van der Waals surface area contributed by atoms with Crippen molar-refractivity contribution in [2.24, 2.45) is 5.10 Å². The van der Waals surface area contributed by atoms with Crippen LogP contribution >= 0.6 is 0 Å². The fourth-order valence-electron chi connectivity index (χ4n) is 3.10. The Bertz CT molecular complexity index is 1060. The number of rotatable bonds is 5. The number of hydrogen-bond donors (Lipinski definition) is 6. The predicted molar refractivity (Wildman–Crippen MR) is 102 cm³/mol. The molecular formula is C17H19N7O5. The lowest BCUT2D eigenvalue weighted by Crippen LogP contribution is -2.33. The number of fused-ring (bicyclic) bond motifs is 1. The number of phenols is 1. The highest BCUT2D eigenvalue weighted by molar-refractivity contribution is 5.85. The highest BCUT2D eigenvalue weighted by Crippen LogP contribution is 2.35. The number of phenolic OH excluding ortho intramolecular Hbond substituents is 1. The van der Waals surface area contributed by atoms with Crippen LogP contribution in [0.3, 0.4) is 0 Å². The van der Waals surface area contributed by atoms with Crippen LogP contribution in [0.25, 0.3) is 11.2 Å². The van der Waals surface area contributed by atoms with Gasteiger partial charge in [0, 0.05) is 5.56 Å². The number of aliphatic hydroxyl groups excluding tert-OH is 3. The normalized spacial score (nSPS) is 24.5. The third kappa shape index (κ3) is 3.34. The molecule has 0 aliphatic carbocycles. The predicted octanol–water partition coefficient (Wildman–Crippen LogP) is -0.828. The van der Waals surface area contributed by atoms with Gasteiger partial charge in [-0.2, -0.15) is 5.10 Å². The maximum Gasteiger partial charge on any atom is 0.228 e. The molecule has 1 saturated heterocycles. The number of aromatic hydroxyl groups is 1. The van der Waals surface area contributed by atoms with E-state index in [-0.39, 0.29) is 28.7 Å². The number of benzene rings is 1. The molecule has 12 nitrogen and oxygen atoms in total. The molecule has 0 saturated carbocycles. The summed E-state index contributed by atoms with van der Waals surface area (Å²) >= 11 is 0. The SMILES string of the molecule is Nc1ncnc2c1nc(NN=Cc1ccccc1O)n2[C@H]1O[C@@H](CO)[C@@H](O)[C@H]1O. The Kier molecular flexibility index (Phi) is 4.98. The third-order valence-corrected chi connectivity index (χ3v) is 4.58. The van der Waals surface area contributed by atoms with Crippen molar-refractivity contribution in [3.05, 3.63) is 36.2 Å². The van der Waals surface area contributed by atoms with Crippen LogP contribution in [-0.2, 0) is 4.74 Å². The molecule has 29 heavy (non-hydrogen) atoms. The molecule has 0 radical (unpaired) electrons. The summed E-state index contributed by atoms with van der Waals surface area (Å²) in [5, 5.41) is 43.8. The number of aromatic nitrogens is 4. The van der Waals surface area contributed by atoms with Crippen molar-refractivity contribution in [1.29, 1.82) is 0 Å². The zero-order chi connectivity index (χ0) is 20.5. The summed E-state index contributed by atoms with van der Waals surface area (Å²) < 4.78 is 6.97. The molecule has 4 rings (SSSR count). The molecule has 7 N–H and O–H groups in total. The number of nitrogens with zero attached hydrogens (tertiary/aromatic N) is 5. The molecule has 1 fully saturated rings. The van der Waals surface area contributed by atoms with E-state index < -0.39 is 31.1 Å². The van der Waals surface area contributed by atoms with Crippen molar-refractivity contribution >= 4 is 29.1 Å². The Balaban J connectivity index is 1.73. The molecule has 3 heterocycles. The first-order valence-electron chi connectivity index (χ1n) is 8.69. The number of hydrazone groups is 1. The van der Waals surface area contributed by atoms with Gasteiger partial charge in [-0.15, -0.1) is 0 Å². The molecule has 2 aromatic heterocycles. The lowest BCUT2D eigenvalue weighted by molar-refractivity contribution is -0.0501. The molecule has 0 bridgehead atoms. The van der Waals surface area contributed by atoms with Gasteiger partial charge in [0.25, 0.3) is 0 Å². The zero-order valence-corrected chi connectivity index (χ0v) is 15.0. The Hall–Kier alpha value is -3.32. The summed E-state index contributed by atoms with van der Waals surface area (Å²) in [6.07, 6.45) is -2.14. The van der Waals surface area contributed by atoms with Gasteiger partial charge in [-0.25, -0.2) is 20.4 Å². The molecule has 1 aromatic carbocycles. The van der Waals surface area contributed by atoms with E-state index in [1.165, 1.54) is 23.2 Å². The van der Waals surface area contributed by atoms with E-state index in [0.29, 0.717) is 5.56 Å². The number of nitrogens with two attached hydrogens (primary N) is 1. The largest absolute Gasteiger partial charge is 0.507 e. The van der Waals surface area contributed by atoms with Gasteiger partial charge in [0.15, 0.2) is 23.2 Å². The maximum absolute atomic E-state index is 10.4. The molecule has 12 heteroatoms. The third-order valence-electron chi connectivity index (χ3n) is 4.58. The molecule has 4 atom stereocenters. The van der Waals surface area contributed by atoms with Crippen molar-refractivity contribution in [2.75, 3.05) is 17.8 Å². The smallest absolute Gasteiger partial charge is 0.228 e. The van der Waals surface area contributed by atoms with Gasteiger partial charge in [-0.1, -0.05) is 12.1 Å². The quantitative estimate of drug-likeness (QED) is 0.233. The summed E-state index contributed by atoms with van der Waals surface area (Å²) in [6, 6.07) is 6.61. The van der Waals surface area contributed by atoms with E-state index in [1.807, 2.05) is 0 Å². The summed E-state index contributed by atoms with van der Waals surface area (Å²) in [7, 11) is 0. The molecule has 1 aliphatic rings. The number of ether oxygens (including phenoxy) is 1. The second-order valence-electron chi connectivity index (χ2n) is 6.39. The van der Waals surface area contributed by atoms with E-state index >= 15 is 0 Å². The first kappa shape index (κ1) is 19.0. The monoisotopic (exact) mass is 401 g/mol. The van der Waals surface area contributed by atoms with Crippen LogP contribution in [0, 0.1) is 0 Å². The fourth-order valence-corrected chi connectivity index (χ4v) is 3.10. The average Bonchev–Trinajstić information content (AvgIpc) is 3.22. The highest BCUT2D eigenvalue weighted by Gasteiger charge is 2.45. The van der Waals surface area contributed by atoms with Crippen LogP contribution in [0.15, 0.2) is 35.7 Å². The van der Waals surface area contributed by atoms with Crippen molar-refractivity contribution in [1.82, 2.24) is 19.5 Å². The number of aliphatic hydroxyl groups is 3. The zero-order valence-electron chi connectivity index (χ0n) is 15.0. The lowest BCUT2D eigenvalue weighted by Gasteiger charge is -2.18. The number of hydrogen-bond acceptors (Lipinski definition) is 11. The second kappa shape index (κ2) is 7.60. The van der Waals surface area contributed by atoms with Gasteiger partial charge in [0.2, 0.25) is 5.95 Å². The van der Waals surface area contributed by atoms with E-state index in [0.717, 1.165) is 0 Å². The van der Waals surface area contributed by atoms with Crippen LogP contribution in [0.5, 0.6) is 5.75 Å². The Morgan fingerprint density at radius 1 is 1.24 bits per heavy atom. The summed E-state index contributed by atoms with van der Waals surface area (Å²) in [4.78, 5) is 12.3. The minimum absolute atomic E-state index is 0.0464. The number of anilines is 2. The van der Waals surface area contributed by atoms with Crippen LogP contribution < -0.4 is 11.2 Å². The second-order valence-corrected chi connectivity index (χ2v) is 6.39. The van der Waals surface area contributed by atoms with E-state index in [2.05, 4.69) is 25.5 Å². The lowest BCUT2D eigenvalue weighted by atomic mass is 10.1. The van der Waals surface area contributed by atoms with Gasteiger partial charge >= 0.3 is 0 Å². The summed E-state index contributed by atoms with van der Waals surface area (Å²) in [5.41, 5.74) is 9.53. The summed E-state index contributed by atoms with van der Waals surface area (Å²) in [5.74, 6) is 0.257. The van der Waals surface area contributed by atoms with Crippen LogP contribution in [0.4, 0.5) is 11.8 Å². The van der Waals surface area contributed by atoms with Crippen molar-refractivity contribution in [3.8, 4) is 5.75 Å². The first-order valence-corrected chi connectivity index (χ1v) is 8.69. The maximum atomic E-state index is 10.4. The minimum atomic E-state index is -1.36.